The molecule has 1 aromatic heterocycles. The van der Waals surface area contributed by atoms with E-state index in [2.05, 4.69) is 17.2 Å². The van der Waals surface area contributed by atoms with Gasteiger partial charge in [0, 0.05) is 12.2 Å². The third-order valence-corrected chi connectivity index (χ3v) is 2.31. The number of nitrogens with one attached hydrogen (secondary N) is 1. The summed E-state index contributed by atoms with van der Waals surface area (Å²) in [6, 6.07) is 4.08. The summed E-state index contributed by atoms with van der Waals surface area (Å²) in [5, 5.41) is 3.89. The number of aromatic nitrogens is 1. The topological polar surface area (TPSA) is 50.9 Å². The lowest BCUT2D eigenvalue weighted by atomic mass is 10.1. The Morgan fingerprint density at radius 1 is 1.57 bits per heavy atom. The van der Waals surface area contributed by atoms with Crippen molar-refractivity contribution in [1.82, 2.24) is 10.3 Å². The number of nitrogens with two attached hydrogens (primary N) is 1. The number of hydrogen-bond acceptors (Lipinski definition) is 3. The van der Waals surface area contributed by atoms with Gasteiger partial charge in [-0.2, -0.15) is 0 Å². The quantitative estimate of drug-likeness (QED) is 0.579. The molecule has 0 spiro atoms. The van der Waals surface area contributed by atoms with E-state index >= 15 is 0 Å². The Balaban J connectivity index is 2.43. The Kier molecular flexibility index (Phi) is 4.87. The minimum atomic E-state index is 0.298. The summed E-state index contributed by atoms with van der Waals surface area (Å²) in [5.74, 6) is 0. The monoisotopic (exact) mass is 213 g/mol. The van der Waals surface area contributed by atoms with Gasteiger partial charge in [-0.3, -0.25) is 0 Å². The lowest BCUT2D eigenvalue weighted by Crippen LogP contribution is -2.21. The van der Waals surface area contributed by atoms with E-state index in [0.29, 0.717) is 11.2 Å². The summed E-state index contributed by atoms with van der Waals surface area (Å²) in [6.45, 7) is 3.75. The van der Waals surface area contributed by atoms with E-state index < -0.39 is 0 Å². The summed E-state index contributed by atoms with van der Waals surface area (Å²) in [5.41, 5.74) is 6.55. The van der Waals surface area contributed by atoms with Gasteiger partial charge >= 0.3 is 0 Å². The largest absolute Gasteiger partial charge is 0.330 e. The molecule has 0 saturated heterocycles. The van der Waals surface area contributed by atoms with Gasteiger partial charge in [-0.15, -0.1) is 0 Å². The van der Waals surface area contributed by atoms with E-state index in [1.54, 1.807) is 12.3 Å². The van der Waals surface area contributed by atoms with E-state index in [0.717, 1.165) is 25.1 Å². The van der Waals surface area contributed by atoms with Crippen LogP contribution in [0, 0.1) is 0 Å². The van der Waals surface area contributed by atoms with Crippen LogP contribution in [0.25, 0.3) is 0 Å². The van der Waals surface area contributed by atoms with E-state index in [9.17, 15) is 0 Å². The molecule has 14 heavy (non-hydrogen) atoms. The summed E-state index contributed by atoms with van der Waals surface area (Å²) in [7, 11) is 0. The first kappa shape index (κ1) is 11.4. The Bertz CT molecular complexity index is 261. The molecule has 4 heteroatoms. The second kappa shape index (κ2) is 5.96. The van der Waals surface area contributed by atoms with Crippen LogP contribution in [0.2, 0.25) is 5.15 Å². The van der Waals surface area contributed by atoms with Crippen LogP contribution >= 0.6 is 11.6 Å². The van der Waals surface area contributed by atoms with Gasteiger partial charge in [0.15, 0.2) is 0 Å². The Labute approximate surface area is 89.7 Å². The van der Waals surface area contributed by atoms with Crippen molar-refractivity contribution < 1.29 is 0 Å². The highest BCUT2D eigenvalue weighted by molar-refractivity contribution is 6.29. The van der Waals surface area contributed by atoms with Crippen molar-refractivity contribution in [3.63, 3.8) is 0 Å². The van der Waals surface area contributed by atoms with Crippen LogP contribution in [0.3, 0.4) is 0 Å². The minimum Gasteiger partial charge on any atom is -0.330 e. The summed E-state index contributed by atoms with van der Waals surface area (Å²) in [6.07, 6.45) is 2.79. The van der Waals surface area contributed by atoms with Crippen molar-refractivity contribution in [3.8, 4) is 0 Å². The Morgan fingerprint density at radius 2 is 2.36 bits per heavy atom. The number of pyridine rings is 1. The van der Waals surface area contributed by atoms with Gasteiger partial charge in [0.2, 0.25) is 0 Å². The molecule has 1 atom stereocenters. The fourth-order valence-electron chi connectivity index (χ4n) is 1.18. The molecule has 0 aliphatic rings. The maximum atomic E-state index is 5.70. The van der Waals surface area contributed by atoms with Crippen molar-refractivity contribution >= 4 is 11.6 Å². The van der Waals surface area contributed by atoms with Gasteiger partial charge in [0.25, 0.3) is 0 Å². The zero-order valence-electron chi connectivity index (χ0n) is 8.33. The van der Waals surface area contributed by atoms with Gasteiger partial charge in [-0.05, 0) is 38.1 Å². The first-order chi connectivity index (χ1) is 6.74. The first-order valence-electron chi connectivity index (χ1n) is 4.79. The molecule has 1 heterocycles. The van der Waals surface area contributed by atoms with Gasteiger partial charge < -0.3 is 11.1 Å². The molecule has 0 radical (unpaired) electrons. The molecule has 0 aliphatic heterocycles. The van der Waals surface area contributed by atoms with Crippen LogP contribution in [0.5, 0.6) is 0 Å². The van der Waals surface area contributed by atoms with E-state index in [1.165, 1.54) is 0 Å². The standard InChI is InChI=1S/C10H16ClN3/c1-8(13-6-2-5-12)9-3-4-10(11)14-7-9/h3-4,7-8,13H,2,5-6,12H2,1H3. The van der Waals surface area contributed by atoms with Crippen LogP contribution in [0.15, 0.2) is 18.3 Å². The maximum absolute atomic E-state index is 5.70. The molecule has 3 N–H and O–H groups in total. The van der Waals surface area contributed by atoms with Crippen LogP contribution in [0.1, 0.15) is 24.9 Å². The van der Waals surface area contributed by atoms with Gasteiger partial charge in [-0.1, -0.05) is 17.7 Å². The number of hydrogen-bond donors (Lipinski definition) is 2. The normalized spacial score (nSPS) is 12.8. The van der Waals surface area contributed by atoms with Crippen LogP contribution in [0.4, 0.5) is 0 Å². The average Bonchev–Trinajstić information content (AvgIpc) is 2.19. The minimum absolute atomic E-state index is 0.298. The smallest absolute Gasteiger partial charge is 0.129 e. The molecule has 0 amide bonds. The van der Waals surface area contributed by atoms with Crippen molar-refractivity contribution in [2.45, 2.75) is 19.4 Å². The molecule has 1 unspecified atom stereocenters. The zero-order chi connectivity index (χ0) is 10.4. The molecular weight excluding hydrogens is 198 g/mol. The molecule has 1 aromatic rings. The number of nitrogens with zero attached hydrogens (tertiary/aromatic N) is 1. The first-order valence-corrected chi connectivity index (χ1v) is 5.16. The second-order valence-corrected chi connectivity index (χ2v) is 3.62. The third-order valence-electron chi connectivity index (χ3n) is 2.08. The molecule has 3 nitrogen and oxygen atoms in total. The molecule has 1 rings (SSSR count). The molecule has 78 valence electrons. The molecular formula is C10H16ClN3. The van der Waals surface area contributed by atoms with E-state index in [-0.39, 0.29) is 0 Å². The highest BCUT2D eigenvalue weighted by Crippen LogP contribution is 2.12. The van der Waals surface area contributed by atoms with Crippen molar-refractivity contribution in [3.05, 3.63) is 29.0 Å². The van der Waals surface area contributed by atoms with Gasteiger partial charge in [0.1, 0.15) is 5.15 Å². The summed E-state index contributed by atoms with van der Waals surface area (Å²) >= 11 is 5.70. The highest BCUT2D eigenvalue weighted by atomic mass is 35.5. The van der Waals surface area contributed by atoms with Gasteiger partial charge in [0.05, 0.1) is 0 Å². The second-order valence-electron chi connectivity index (χ2n) is 3.23. The lowest BCUT2D eigenvalue weighted by Gasteiger charge is -2.13. The third kappa shape index (κ3) is 3.62. The van der Waals surface area contributed by atoms with Gasteiger partial charge in [-0.25, -0.2) is 4.98 Å². The van der Waals surface area contributed by atoms with Crippen molar-refractivity contribution in [2.75, 3.05) is 13.1 Å². The summed E-state index contributed by atoms with van der Waals surface area (Å²) in [4.78, 5) is 4.03. The average molecular weight is 214 g/mol. The number of halogens is 1. The van der Waals surface area contributed by atoms with E-state index in [4.69, 9.17) is 17.3 Å². The van der Waals surface area contributed by atoms with Crippen LogP contribution in [-0.4, -0.2) is 18.1 Å². The zero-order valence-corrected chi connectivity index (χ0v) is 9.09. The molecule has 0 aromatic carbocycles. The highest BCUT2D eigenvalue weighted by Gasteiger charge is 2.03. The Hall–Kier alpha value is -0.640. The molecule has 0 saturated carbocycles. The predicted molar refractivity (Wildman–Crippen MR) is 59.3 cm³/mol. The van der Waals surface area contributed by atoms with E-state index in [1.807, 2.05) is 6.07 Å². The molecule has 0 bridgehead atoms. The predicted octanol–water partition coefficient (Wildman–Crippen LogP) is 1.73. The fourth-order valence-corrected chi connectivity index (χ4v) is 1.29. The van der Waals surface area contributed by atoms with Crippen LogP contribution in [-0.2, 0) is 0 Å². The fraction of sp³-hybridized carbons (Fsp3) is 0.500. The number of rotatable bonds is 5. The Morgan fingerprint density at radius 3 is 2.93 bits per heavy atom. The van der Waals surface area contributed by atoms with Crippen molar-refractivity contribution in [1.29, 1.82) is 0 Å². The van der Waals surface area contributed by atoms with Crippen molar-refractivity contribution in [2.24, 2.45) is 5.73 Å². The molecule has 0 aliphatic carbocycles. The SMILES string of the molecule is CC(NCCCN)c1ccc(Cl)nc1. The molecule has 0 fully saturated rings. The lowest BCUT2D eigenvalue weighted by molar-refractivity contribution is 0.560. The maximum Gasteiger partial charge on any atom is 0.129 e. The van der Waals surface area contributed by atoms with Crippen LogP contribution < -0.4 is 11.1 Å². The summed E-state index contributed by atoms with van der Waals surface area (Å²) < 4.78 is 0.